The Morgan fingerprint density at radius 2 is 1.12 bits per heavy atom. The Hall–Kier alpha value is -3.32. The van der Waals surface area contributed by atoms with Gasteiger partial charge >= 0.3 is 0 Å². The second-order valence-corrected chi connectivity index (χ2v) is 18.2. The van der Waals surface area contributed by atoms with Gasteiger partial charge in [-0.05, 0) is 140 Å². The van der Waals surface area contributed by atoms with Crippen LogP contribution in [0.1, 0.15) is 150 Å². The van der Waals surface area contributed by atoms with Gasteiger partial charge < -0.3 is 4.90 Å². The molecule has 3 aliphatic carbocycles. The molecule has 4 aromatic rings. The Balaban J connectivity index is 1.55. The van der Waals surface area contributed by atoms with Crippen LogP contribution in [0, 0.1) is 10.8 Å². The van der Waals surface area contributed by atoms with Crippen LogP contribution >= 0.6 is 0 Å². The molecule has 0 unspecified atom stereocenters. The molecule has 0 atom stereocenters. The number of fused-ring (bicyclic) bond motifs is 3. The second kappa shape index (κ2) is 11.9. The highest BCUT2D eigenvalue weighted by Gasteiger charge is 2.41. The van der Waals surface area contributed by atoms with Crippen molar-refractivity contribution in [3.63, 3.8) is 0 Å². The number of nitrogens with zero attached hydrogens (tertiary/aromatic N) is 1. The third-order valence-corrected chi connectivity index (χ3v) is 12.1. The molecule has 7 rings (SSSR count). The molecule has 0 radical (unpaired) electrons. The number of rotatable bonds is 5. The van der Waals surface area contributed by atoms with E-state index in [4.69, 9.17) is 0 Å². The van der Waals surface area contributed by atoms with Crippen LogP contribution < -0.4 is 4.90 Å². The molecule has 4 aromatic carbocycles. The van der Waals surface area contributed by atoms with Gasteiger partial charge in [-0.15, -0.1) is 0 Å². The first-order valence-electron chi connectivity index (χ1n) is 19.6. The predicted octanol–water partition coefficient (Wildman–Crippen LogP) is 14.0. The molecule has 1 nitrogen and oxygen atoms in total. The summed E-state index contributed by atoms with van der Waals surface area (Å²) in [5.41, 5.74) is 12.2. The minimum Gasteiger partial charge on any atom is -0.335 e. The Labute approximate surface area is 295 Å². The molecule has 1 heteroatoms. The number of anilines is 2. The highest BCUT2D eigenvalue weighted by atomic mass is 15.2. The van der Waals surface area contributed by atoms with Crippen LogP contribution in [-0.2, 0) is 5.41 Å². The van der Waals surface area contributed by atoms with E-state index >= 15 is 0 Å². The third kappa shape index (κ3) is 5.94. The summed E-state index contributed by atoms with van der Waals surface area (Å²) in [6, 6.07) is 31.4. The summed E-state index contributed by atoms with van der Waals surface area (Å²) >= 11 is 0. The summed E-state index contributed by atoms with van der Waals surface area (Å²) in [5, 5.41) is 0. The van der Waals surface area contributed by atoms with Crippen molar-refractivity contribution in [2.75, 3.05) is 4.90 Å². The zero-order valence-corrected chi connectivity index (χ0v) is 31.2. The van der Waals surface area contributed by atoms with Gasteiger partial charge in [0, 0.05) is 24.9 Å². The first kappa shape index (κ1) is 30.7. The predicted molar refractivity (Wildman–Crippen MR) is 208 cm³/mol. The molecule has 3 aliphatic rings. The summed E-state index contributed by atoms with van der Waals surface area (Å²) in [5.74, 6) is -1.40. The molecule has 0 saturated heterocycles. The number of para-hydroxylation sites is 1. The Bertz CT molecular complexity index is 1890. The average molecular weight is 640 g/mol. The summed E-state index contributed by atoms with van der Waals surface area (Å²) in [6.45, 7) is 21.2. The van der Waals surface area contributed by atoms with Crippen molar-refractivity contribution in [3.8, 4) is 22.3 Å². The molecular weight excluding hydrogens is 579 g/mol. The van der Waals surface area contributed by atoms with Crippen molar-refractivity contribution in [2.24, 2.45) is 10.8 Å². The molecule has 0 heterocycles. The Kier molecular flexibility index (Phi) is 7.63. The highest BCUT2D eigenvalue weighted by molar-refractivity contribution is 5.90. The summed E-state index contributed by atoms with van der Waals surface area (Å²) in [7, 11) is 0. The lowest BCUT2D eigenvalue weighted by atomic mass is 9.69. The van der Waals surface area contributed by atoms with Gasteiger partial charge in [-0.2, -0.15) is 0 Å². The normalized spacial score (nSPS) is 22.2. The molecule has 48 heavy (non-hydrogen) atoms. The lowest BCUT2D eigenvalue weighted by Gasteiger charge is -2.45. The van der Waals surface area contributed by atoms with Gasteiger partial charge in [0.05, 0.1) is 5.69 Å². The van der Waals surface area contributed by atoms with Crippen LogP contribution in [0.5, 0.6) is 0 Å². The summed E-state index contributed by atoms with van der Waals surface area (Å²) < 4.78 is 20.6. The summed E-state index contributed by atoms with van der Waals surface area (Å²) in [6.07, 6.45) is 7.57. The Morgan fingerprint density at radius 3 is 1.73 bits per heavy atom. The van der Waals surface area contributed by atoms with Crippen LogP contribution in [0.15, 0.2) is 84.9 Å². The van der Waals surface area contributed by atoms with E-state index in [0.29, 0.717) is 0 Å². The van der Waals surface area contributed by atoms with E-state index in [2.05, 4.69) is 152 Å². The van der Waals surface area contributed by atoms with Crippen LogP contribution in [0.2, 0.25) is 0 Å². The van der Waals surface area contributed by atoms with Gasteiger partial charge in [0.1, 0.15) is 0 Å². The van der Waals surface area contributed by atoms with Gasteiger partial charge in [-0.3, -0.25) is 0 Å². The molecular formula is C47H59N. The van der Waals surface area contributed by atoms with Gasteiger partial charge in [0.15, 0.2) is 0 Å². The SMILES string of the molecule is [2H]C1(c2cc3c(cc2N(c2c(-c4ccccc4)cccc2C2([2H])CCC(C)(C)CC2)C(C)(C)C)-c2ccccc2C3(C)C)CCC(C)(C)CC1. The fourth-order valence-electron chi connectivity index (χ4n) is 8.94. The fraction of sp³-hybridized carbons (Fsp3) is 0.489. The maximum atomic E-state index is 10.4. The van der Waals surface area contributed by atoms with Crippen LogP contribution in [-0.4, -0.2) is 5.54 Å². The number of hydrogen-bond donors (Lipinski definition) is 0. The maximum Gasteiger partial charge on any atom is 0.0530 e. The maximum absolute atomic E-state index is 10.4. The minimum absolute atomic E-state index is 0.149. The van der Waals surface area contributed by atoms with E-state index in [-0.39, 0.29) is 21.8 Å². The first-order valence-corrected chi connectivity index (χ1v) is 18.6. The first-order chi connectivity index (χ1) is 23.4. The van der Waals surface area contributed by atoms with Crippen LogP contribution in [0.25, 0.3) is 22.3 Å². The van der Waals surface area contributed by atoms with Gasteiger partial charge in [-0.1, -0.05) is 120 Å². The topological polar surface area (TPSA) is 3.24 Å². The van der Waals surface area contributed by atoms with Crippen molar-refractivity contribution >= 4 is 11.4 Å². The van der Waals surface area contributed by atoms with Crippen LogP contribution in [0.3, 0.4) is 0 Å². The zero-order chi connectivity index (χ0) is 35.9. The lowest BCUT2D eigenvalue weighted by Crippen LogP contribution is -2.40. The standard InChI is InChI=1S/C47H59N/c1-44(2,3)48(43-35(32-16-11-10-12-17-32)19-15-20-36(43)33-22-26-45(4,5)27-23-33)42-31-39-37-18-13-14-21-40(37)47(8,9)41(39)30-38(42)34-24-28-46(6,7)29-25-34/h10-21,30-31,33-34H,22-29H2,1-9H3/i33D,34D. The Morgan fingerprint density at radius 1 is 0.583 bits per heavy atom. The molecule has 0 spiro atoms. The molecule has 0 aliphatic heterocycles. The van der Waals surface area contributed by atoms with Crippen molar-refractivity contribution in [1.82, 2.24) is 0 Å². The van der Waals surface area contributed by atoms with E-state index in [9.17, 15) is 2.74 Å². The molecule has 0 aromatic heterocycles. The number of benzene rings is 4. The second-order valence-electron chi connectivity index (χ2n) is 18.2. The van der Waals surface area contributed by atoms with Crippen molar-refractivity contribution < 1.29 is 2.74 Å². The van der Waals surface area contributed by atoms with E-state index in [1.165, 1.54) is 33.4 Å². The fourth-order valence-corrected chi connectivity index (χ4v) is 8.94. The van der Waals surface area contributed by atoms with E-state index < -0.39 is 11.8 Å². The monoisotopic (exact) mass is 639 g/mol. The van der Waals surface area contributed by atoms with E-state index in [1.54, 1.807) is 0 Å². The highest BCUT2D eigenvalue weighted by Crippen LogP contribution is 2.56. The van der Waals surface area contributed by atoms with Gasteiger partial charge in [0.2, 0.25) is 0 Å². The van der Waals surface area contributed by atoms with Crippen molar-refractivity contribution in [1.29, 1.82) is 0 Å². The molecule has 0 bridgehead atoms. The van der Waals surface area contributed by atoms with Crippen molar-refractivity contribution in [2.45, 2.75) is 136 Å². The van der Waals surface area contributed by atoms with E-state index in [0.717, 1.165) is 73.9 Å². The molecule has 2 fully saturated rings. The smallest absolute Gasteiger partial charge is 0.0530 e. The third-order valence-electron chi connectivity index (χ3n) is 12.1. The van der Waals surface area contributed by atoms with E-state index in [1.807, 2.05) is 0 Å². The van der Waals surface area contributed by atoms with Crippen molar-refractivity contribution in [3.05, 3.63) is 107 Å². The molecule has 0 amide bonds. The lowest BCUT2D eigenvalue weighted by molar-refractivity contribution is 0.224. The zero-order valence-electron chi connectivity index (χ0n) is 33.2. The summed E-state index contributed by atoms with van der Waals surface area (Å²) in [4.78, 5) is 2.58. The van der Waals surface area contributed by atoms with Gasteiger partial charge in [-0.25, -0.2) is 0 Å². The quantitative estimate of drug-likeness (QED) is 0.210. The van der Waals surface area contributed by atoms with Crippen LogP contribution in [0.4, 0.5) is 11.4 Å². The van der Waals surface area contributed by atoms with Gasteiger partial charge in [0.25, 0.3) is 0 Å². The average Bonchev–Trinajstić information content (AvgIpc) is 3.29. The molecule has 2 saturated carbocycles. The largest absolute Gasteiger partial charge is 0.335 e. The number of hydrogen-bond acceptors (Lipinski definition) is 1. The molecule has 0 N–H and O–H groups in total. The minimum atomic E-state index is -0.705. The molecule has 252 valence electrons.